The van der Waals surface area contributed by atoms with Gasteiger partial charge < -0.3 is 10.6 Å². The number of carbonyl (C=O) groups is 1. The van der Waals surface area contributed by atoms with Gasteiger partial charge in [-0.05, 0) is 30.0 Å². The SMILES string of the molecule is C[C@@H](Cn1cncn1)NC(=O)N[C@@H](c1cccc(F)c1)C(C)(C)C. The zero-order valence-corrected chi connectivity index (χ0v) is 14.5. The van der Waals surface area contributed by atoms with Gasteiger partial charge in [-0.1, -0.05) is 32.9 Å². The first-order valence-corrected chi connectivity index (χ1v) is 7.90. The lowest BCUT2D eigenvalue weighted by atomic mass is 9.82. The van der Waals surface area contributed by atoms with Gasteiger partial charge in [0.05, 0.1) is 12.6 Å². The van der Waals surface area contributed by atoms with Crippen LogP contribution >= 0.6 is 0 Å². The first-order valence-electron chi connectivity index (χ1n) is 7.90. The highest BCUT2D eigenvalue weighted by molar-refractivity contribution is 5.74. The molecule has 2 rings (SSSR count). The van der Waals surface area contributed by atoms with E-state index in [1.165, 1.54) is 18.5 Å². The second kappa shape index (κ2) is 7.42. The summed E-state index contributed by atoms with van der Waals surface area (Å²) in [6.45, 7) is 8.41. The van der Waals surface area contributed by atoms with E-state index in [2.05, 4.69) is 20.7 Å². The van der Waals surface area contributed by atoms with Crippen LogP contribution in [-0.4, -0.2) is 26.8 Å². The van der Waals surface area contributed by atoms with Crippen molar-refractivity contribution in [3.8, 4) is 0 Å². The highest BCUT2D eigenvalue weighted by atomic mass is 19.1. The minimum absolute atomic E-state index is 0.125. The second-order valence-electron chi connectivity index (χ2n) is 6.99. The van der Waals surface area contributed by atoms with Crippen molar-refractivity contribution < 1.29 is 9.18 Å². The fourth-order valence-corrected chi connectivity index (χ4v) is 2.54. The van der Waals surface area contributed by atoms with Crippen molar-refractivity contribution in [1.29, 1.82) is 0 Å². The average molecular weight is 333 g/mol. The van der Waals surface area contributed by atoms with Crippen molar-refractivity contribution in [1.82, 2.24) is 25.4 Å². The minimum Gasteiger partial charge on any atom is -0.334 e. The van der Waals surface area contributed by atoms with Crippen LogP contribution in [0, 0.1) is 11.2 Å². The van der Waals surface area contributed by atoms with Crippen molar-refractivity contribution >= 4 is 6.03 Å². The minimum atomic E-state index is -0.316. The lowest BCUT2D eigenvalue weighted by molar-refractivity contribution is 0.214. The molecule has 2 aromatic rings. The molecular weight excluding hydrogens is 309 g/mol. The molecule has 0 aliphatic rings. The summed E-state index contributed by atoms with van der Waals surface area (Å²) in [6.07, 6.45) is 3.05. The average Bonchev–Trinajstić information content (AvgIpc) is 2.96. The van der Waals surface area contributed by atoms with Gasteiger partial charge in [-0.25, -0.2) is 14.2 Å². The van der Waals surface area contributed by atoms with E-state index in [0.717, 1.165) is 5.56 Å². The molecule has 1 aromatic carbocycles. The maximum atomic E-state index is 13.5. The summed E-state index contributed by atoms with van der Waals surface area (Å²) < 4.78 is 15.2. The number of nitrogens with zero attached hydrogens (tertiary/aromatic N) is 3. The quantitative estimate of drug-likeness (QED) is 0.884. The Morgan fingerprint density at radius 1 is 1.33 bits per heavy atom. The summed E-state index contributed by atoms with van der Waals surface area (Å²) in [7, 11) is 0. The van der Waals surface area contributed by atoms with Gasteiger partial charge in [0.1, 0.15) is 18.5 Å². The molecule has 0 saturated carbocycles. The lowest BCUT2D eigenvalue weighted by Gasteiger charge is -2.32. The molecule has 0 spiro atoms. The summed E-state index contributed by atoms with van der Waals surface area (Å²) in [5.41, 5.74) is 0.474. The van der Waals surface area contributed by atoms with Crippen LogP contribution in [0.4, 0.5) is 9.18 Å². The number of benzene rings is 1. The summed E-state index contributed by atoms with van der Waals surface area (Å²) >= 11 is 0. The van der Waals surface area contributed by atoms with E-state index in [4.69, 9.17) is 0 Å². The van der Waals surface area contributed by atoms with Crippen molar-refractivity contribution in [2.24, 2.45) is 5.41 Å². The monoisotopic (exact) mass is 333 g/mol. The predicted molar refractivity (Wildman–Crippen MR) is 89.7 cm³/mol. The van der Waals surface area contributed by atoms with Crippen LogP contribution in [0.2, 0.25) is 0 Å². The molecule has 0 saturated heterocycles. The standard InChI is InChI=1S/C17H24FN5O/c1-12(9-23-11-19-10-20-23)21-16(24)22-15(17(2,3)4)13-6-5-7-14(18)8-13/h5-8,10-12,15H,9H2,1-4H3,(H2,21,22,24)/t12-,15-/m0/s1. The predicted octanol–water partition coefficient (Wildman–Crippen LogP) is 2.89. The molecule has 7 heteroatoms. The van der Waals surface area contributed by atoms with Crippen LogP contribution < -0.4 is 10.6 Å². The summed E-state index contributed by atoms with van der Waals surface area (Å²) in [4.78, 5) is 16.2. The third kappa shape index (κ3) is 5.04. The van der Waals surface area contributed by atoms with E-state index < -0.39 is 0 Å². The van der Waals surface area contributed by atoms with Crippen LogP contribution in [0.15, 0.2) is 36.9 Å². The van der Waals surface area contributed by atoms with E-state index in [0.29, 0.717) is 6.54 Å². The van der Waals surface area contributed by atoms with Crippen LogP contribution in [0.5, 0.6) is 0 Å². The van der Waals surface area contributed by atoms with Crippen LogP contribution in [0.1, 0.15) is 39.3 Å². The lowest BCUT2D eigenvalue weighted by Crippen LogP contribution is -2.46. The fraction of sp³-hybridized carbons (Fsp3) is 0.471. The molecule has 1 aromatic heterocycles. The molecule has 0 radical (unpaired) electrons. The first-order chi connectivity index (χ1) is 11.3. The van der Waals surface area contributed by atoms with Gasteiger partial charge in [0.2, 0.25) is 0 Å². The van der Waals surface area contributed by atoms with Gasteiger partial charge in [-0.15, -0.1) is 0 Å². The molecule has 0 unspecified atom stereocenters. The maximum absolute atomic E-state index is 13.5. The van der Waals surface area contributed by atoms with Gasteiger partial charge >= 0.3 is 6.03 Å². The number of hydrogen-bond donors (Lipinski definition) is 2. The van der Waals surface area contributed by atoms with Crippen LogP contribution in [0.3, 0.4) is 0 Å². The normalized spacial score (nSPS) is 14.0. The number of urea groups is 1. The Labute approximate surface area is 141 Å². The molecule has 0 aliphatic heterocycles. The first kappa shape index (κ1) is 17.9. The molecule has 6 nitrogen and oxygen atoms in total. The Bertz CT molecular complexity index is 666. The number of aromatic nitrogens is 3. The molecule has 1 heterocycles. The Hall–Kier alpha value is -2.44. The van der Waals surface area contributed by atoms with Crippen molar-refractivity contribution in [2.45, 2.75) is 46.3 Å². The number of hydrogen-bond acceptors (Lipinski definition) is 3. The van der Waals surface area contributed by atoms with Gasteiger partial charge in [0.25, 0.3) is 0 Å². The van der Waals surface area contributed by atoms with E-state index >= 15 is 0 Å². The summed E-state index contributed by atoms with van der Waals surface area (Å²) in [5.74, 6) is -0.316. The van der Waals surface area contributed by atoms with E-state index in [1.807, 2.05) is 33.8 Å². The van der Waals surface area contributed by atoms with Crippen molar-refractivity contribution in [3.05, 3.63) is 48.3 Å². The molecular formula is C17H24FN5O. The number of halogens is 1. The zero-order chi connectivity index (χ0) is 17.7. The number of amides is 2. The van der Waals surface area contributed by atoms with Gasteiger partial charge in [-0.2, -0.15) is 5.10 Å². The fourth-order valence-electron chi connectivity index (χ4n) is 2.54. The van der Waals surface area contributed by atoms with Gasteiger partial charge in [0.15, 0.2) is 0 Å². The summed E-state index contributed by atoms with van der Waals surface area (Å²) in [6, 6.07) is 5.57. The smallest absolute Gasteiger partial charge is 0.315 e. The largest absolute Gasteiger partial charge is 0.334 e. The maximum Gasteiger partial charge on any atom is 0.315 e. The highest BCUT2D eigenvalue weighted by Gasteiger charge is 2.28. The summed E-state index contributed by atoms with van der Waals surface area (Å²) in [5, 5.41) is 9.83. The third-order valence-corrected chi connectivity index (χ3v) is 3.63. The van der Waals surface area contributed by atoms with Gasteiger partial charge in [-0.3, -0.25) is 4.68 Å². The Morgan fingerprint density at radius 2 is 2.08 bits per heavy atom. The van der Waals surface area contributed by atoms with E-state index in [-0.39, 0.29) is 29.3 Å². The number of carbonyl (C=O) groups excluding carboxylic acids is 1. The van der Waals surface area contributed by atoms with Crippen LogP contribution in [-0.2, 0) is 6.54 Å². The third-order valence-electron chi connectivity index (χ3n) is 3.63. The molecule has 2 amide bonds. The molecule has 24 heavy (non-hydrogen) atoms. The van der Waals surface area contributed by atoms with Gasteiger partial charge in [0, 0.05) is 6.04 Å². The second-order valence-corrected chi connectivity index (χ2v) is 6.99. The number of nitrogens with one attached hydrogen (secondary N) is 2. The highest BCUT2D eigenvalue weighted by Crippen LogP contribution is 2.32. The Balaban J connectivity index is 2.02. The molecule has 2 N–H and O–H groups in total. The Kier molecular flexibility index (Phi) is 5.54. The molecule has 0 bridgehead atoms. The van der Waals surface area contributed by atoms with Crippen LogP contribution in [0.25, 0.3) is 0 Å². The van der Waals surface area contributed by atoms with E-state index in [9.17, 15) is 9.18 Å². The molecule has 2 atom stereocenters. The molecule has 0 fully saturated rings. The Morgan fingerprint density at radius 3 is 2.67 bits per heavy atom. The van der Waals surface area contributed by atoms with Crippen molar-refractivity contribution in [3.63, 3.8) is 0 Å². The number of rotatable bonds is 5. The molecule has 130 valence electrons. The zero-order valence-electron chi connectivity index (χ0n) is 14.5. The topological polar surface area (TPSA) is 71.8 Å². The van der Waals surface area contributed by atoms with Crippen molar-refractivity contribution in [2.75, 3.05) is 0 Å². The molecule has 0 aliphatic carbocycles. The van der Waals surface area contributed by atoms with E-state index in [1.54, 1.807) is 17.1 Å².